The van der Waals surface area contributed by atoms with E-state index in [0.29, 0.717) is 33.0 Å². The van der Waals surface area contributed by atoms with Gasteiger partial charge in [0.2, 0.25) is 5.91 Å². The number of hydroxylamine groups is 2. The average Bonchev–Trinajstić information content (AvgIpc) is 2.64. The van der Waals surface area contributed by atoms with E-state index >= 15 is 0 Å². The zero-order valence-electron chi connectivity index (χ0n) is 13.9. The van der Waals surface area contributed by atoms with Crippen molar-refractivity contribution in [1.82, 2.24) is 5.06 Å². The van der Waals surface area contributed by atoms with Crippen molar-refractivity contribution >= 4 is 34.2 Å². The van der Waals surface area contributed by atoms with E-state index in [9.17, 15) is 14.8 Å². The zero-order valence-corrected chi connectivity index (χ0v) is 14.6. The number of amides is 2. The number of fused-ring (bicyclic) bond motifs is 1. The predicted molar refractivity (Wildman–Crippen MR) is 100 cm³/mol. The minimum atomic E-state index is -0.533. The van der Waals surface area contributed by atoms with Crippen molar-refractivity contribution < 1.29 is 14.8 Å². The van der Waals surface area contributed by atoms with Crippen molar-refractivity contribution in [2.75, 3.05) is 6.54 Å². The summed E-state index contributed by atoms with van der Waals surface area (Å²) in [6.07, 6.45) is 0.474. The van der Waals surface area contributed by atoms with Crippen molar-refractivity contribution in [3.05, 3.63) is 82.4 Å². The molecule has 0 heterocycles. The van der Waals surface area contributed by atoms with E-state index < -0.39 is 11.8 Å². The second-order valence-corrected chi connectivity index (χ2v) is 6.39. The molecule has 3 rings (SSSR count). The van der Waals surface area contributed by atoms with Crippen LogP contribution in [0.5, 0.6) is 0 Å². The second-order valence-electron chi connectivity index (χ2n) is 5.95. The molecule has 3 aromatic carbocycles. The van der Waals surface area contributed by atoms with Crippen LogP contribution in [0.4, 0.5) is 0 Å². The summed E-state index contributed by atoms with van der Waals surface area (Å²) in [7, 11) is 0. The fraction of sp³-hybridized carbons (Fsp3) is 0.100. The Morgan fingerprint density at radius 1 is 0.962 bits per heavy atom. The lowest BCUT2D eigenvalue weighted by Crippen LogP contribution is -2.29. The van der Waals surface area contributed by atoms with Gasteiger partial charge < -0.3 is 5.73 Å². The van der Waals surface area contributed by atoms with Crippen molar-refractivity contribution in [3.63, 3.8) is 0 Å². The van der Waals surface area contributed by atoms with Gasteiger partial charge in [-0.1, -0.05) is 35.9 Å². The van der Waals surface area contributed by atoms with Gasteiger partial charge in [0, 0.05) is 16.1 Å². The Labute approximate surface area is 155 Å². The van der Waals surface area contributed by atoms with Gasteiger partial charge in [0.05, 0.1) is 6.54 Å². The predicted octanol–water partition coefficient (Wildman–Crippen LogP) is 3.67. The number of hydrogen-bond donors (Lipinski definition) is 2. The molecule has 3 aromatic rings. The number of carbonyl (C=O) groups is 2. The van der Waals surface area contributed by atoms with Crippen LogP contribution in [-0.4, -0.2) is 28.6 Å². The van der Waals surface area contributed by atoms with E-state index in [0.717, 1.165) is 10.9 Å². The minimum Gasteiger partial charge on any atom is -0.366 e. The molecule has 3 N–H and O–H groups in total. The molecule has 0 aliphatic rings. The summed E-state index contributed by atoms with van der Waals surface area (Å²) < 4.78 is 0. The van der Waals surface area contributed by atoms with Crippen LogP contribution in [0.1, 0.15) is 26.3 Å². The van der Waals surface area contributed by atoms with Crippen molar-refractivity contribution in [2.45, 2.75) is 6.42 Å². The molecule has 0 spiro atoms. The third kappa shape index (κ3) is 4.02. The molecule has 0 unspecified atom stereocenters. The number of nitrogens with zero attached hydrogens (tertiary/aromatic N) is 1. The van der Waals surface area contributed by atoms with Gasteiger partial charge in [0.25, 0.3) is 5.91 Å². The van der Waals surface area contributed by atoms with Gasteiger partial charge >= 0.3 is 0 Å². The summed E-state index contributed by atoms with van der Waals surface area (Å²) in [6, 6.07) is 17.3. The van der Waals surface area contributed by atoms with Crippen LogP contribution in [0.2, 0.25) is 5.02 Å². The SMILES string of the molecule is NC(=O)c1ccc2ccc(C(=O)N(O)CCc3cccc(Cl)c3)cc2c1. The van der Waals surface area contributed by atoms with Gasteiger partial charge in [0.1, 0.15) is 0 Å². The van der Waals surface area contributed by atoms with Crippen LogP contribution in [0, 0.1) is 0 Å². The molecule has 6 heteroatoms. The second kappa shape index (κ2) is 7.56. The summed E-state index contributed by atoms with van der Waals surface area (Å²) in [5.74, 6) is -1.05. The lowest BCUT2D eigenvalue weighted by atomic mass is 10.0. The summed E-state index contributed by atoms with van der Waals surface area (Å²) in [5.41, 5.74) is 6.91. The number of nitrogens with two attached hydrogens (primary N) is 1. The van der Waals surface area contributed by atoms with Crippen molar-refractivity contribution in [3.8, 4) is 0 Å². The van der Waals surface area contributed by atoms with Crippen molar-refractivity contribution in [1.29, 1.82) is 0 Å². The number of benzene rings is 3. The molecular weight excluding hydrogens is 352 g/mol. The number of halogens is 1. The first kappa shape index (κ1) is 17.9. The topological polar surface area (TPSA) is 83.6 Å². The van der Waals surface area contributed by atoms with E-state index in [2.05, 4.69) is 0 Å². The standard InChI is InChI=1S/C20H17ClN2O3/c21-18-3-1-2-13(10-18)8-9-23(26)20(25)16-7-5-14-4-6-15(19(22)24)11-17(14)12-16/h1-7,10-12,26H,8-9H2,(H2,22,24). The average molecular weight is 369 g/mol. The molecule has 0 aliphatic carbocycles. The molecule has 132 valence electrons. The van der Waals surface area contributed by atoms with E-state index in [1.165, 1.54) is 0 Å². The molecule has 26 heavy (non-hydrogen) atoms. The fourth-order valence-corrected chi connectivity index (χ4v) is 2.92. The Morgan fingerprint density at radius 2 is 1.65 bits per heavy atom. The summed E-state index contributed by atoms with van der Waals surface area (Å²) in [6.45, 7) is 0.137. The highest BCUT2D eigenvalue weighted by Gasteiger charge is 2.14. The molecule has 0 atom stereocenters. The molecule has 2 amide bonds. The Morgan fingerprint density at radius 3 is 2.35 bits per heavy atom. The van der Waals surface area contributed by atoms with E-state index in [1.807, 2.05) is 12.1 Å². The van der Waals surface area contributed by atoms with Gasteiger partial charge in [0.15, 0.2) is 0 Å². The molecule has 5 nitrogen and oxygen atoms in total. The third-order valence-electron chi connectivity index (χ3n) is 4.11. The normalized spacial score (nSPS) is 10.7. The first-order chi connectivity index (χ1) is 12.4. The molecule has 0 bridgehead atoms. The Balaban J connectivity index is 1.76. The van der Waals surface area contributed by atoms with Crippen LogP contribution < -0.4 is 5.73 Å². The lowest BCUT2D eigenvalue weighted by molar-refractivity contribution is -0.0571. The quantitative estimate of drug-likeness (QED) is 0.532. The number of hydrogen-bond acceptors (Lipinski definition) is 3. The first-order valence-electron chi connectivity index (χ1n) is 8.03. The van der Waals surface area contributed by atoms with Gasteiger partial charge in [-0.3, -0.25) is 14.8 Å². The number of carbonyl (C=O) groups excluding carboxylic acids is 2. The van der Waals surface area contributed by atoms with E-state index in [4.69, 9.17) is 17.3 Å². The van der Waals surface area contributed by atoms with E-state index in [1.54, 1.807) is 48.5 Å². The van der Waals surface area contributed by atoms with Crippen LogP contribution in [-0.2, 0) is 6.42 Å². The van der Waals surface area contributed by atoms with Crippen LogP contribution in [0.3, 0.4) is 0 Å². The maximum Gasteiger partial charge on any atom is 0.277 e. The minimum absolute atomic E-state index is 0.137. The maximum atomic E-state index is 12.5. The molecular formula is C20H17ClN2O3. The Kier molecular flexibility index (Phi) is 5.21. The number of rotatable bonds is 5. The smallest absolute Gasteiger partial charge is 0.277 e. The summed E-state index contributed by atoms with van der Waals surface area (Å²) >= 11 is 5.93. The van der Waals surface area contributed by atoms with Crippen molar-refractivity contribution in [2.24, 2.45) is 5.73 Å². The monoisotopic (exact) mass is 368 g/mol. The van der Waals surface area contributed by atoms with Gasteiger partial charge in [-0.05, 0) is 59.2 Å². The highest BCUT2D eigenvalue weighted by atomic mass is 35.5. The maximum absolute atomic E-state index is 12.5. The molecule has 0 radical (unpaired) electrons. The van der Waals surface area contributed by atoms with Gasteiger partial charge in [-0.25, -0.2) is 5.06 Å². The molecule has 0 saturated carbocycles. The summed E-state index contributed by atoms with van der Waals surface area (Å²) in [4.78, 5) is 23.8. The Bertz CT molecular complexity index is 988. The Hall–Kier alpha value is -2.89. The lowest BCUT2D eigenvalue weighted by Gasteiger charge is -2.15. The van der Waals surface area contributed by atoms with Gasteiger partial charge in [-0.15, -0.1) is 0 Å². The molecule has 0 saturated heterocycles. The summed E-state index contributed by atoms with van der Waals surface area (Å²) in [5, 5.41) is 13.0. The zero-order chi connectivity index (χ0) is 18.7. The molecule has 0 aliphatic heterocycles. The first-order valence-corrected chi connectivity index (χ1v) is 8.40. The molecule has 0 fully saturated rings. The fourth-order valence-electron chi connectivity index (χ4n) is 2.71. The largest absolute Gasteiger partial charge is 0.366 e. The van der Waals surface area contributed by atoms with Gasteiger partial charge in [-0.2, -0.15) is 0 Å². The number of primary amides is 1. The third-order valence-corrected chi connectivity index (χ3v) is 4.34. The van der Waals surface area contributed by atoms with E-state index in [-0.39, 0.29) is 6.54 Å². The highest BCUT2D eigenvalue weighted by Crippen LogP contribution is 2.19. The van der Waals surface area contributed by atoms with Crippen LogP contribution in [0.15, 0.2) is 60.7 Å². The van der Waals surface area contributed by atoms with Crippen LogP contribution >= 0.6 is 11.6 Å². The molecule has 0 aromatic heterocycles. The highest BCUT2D eigenvalue weighted by molar-refractivity contribution is 6.30. The van der Waals surface area contributed by atoms with Crippen LogP contribution in [0.25, 0.3) is 10.8 Å².